The lowest BCUT2D eigenvalue weighted by Crippen LogP contribution is -2.27. The van der Waals surface area contributed by atoms with Gasteiger partial charge in [-0.15, -0.1) is 0 Å². The Kier molecular flexibility index (Phi) is 5.02. The quantitative estimate of drug-likeness (QED) is 0.725. The predicted molar refractivity (Wildman–Crippen MR) is 64.0 cm³/mol. The molecular formula is C10H15N3O3S. The maximum atomic E-state index is 11.5. The van der Waals surface area contributed by atoms with Crippen molar-refractivity contribution in [3.8, 4) is 0 Å². The van der Waals surface area contributed by atoms with E-state index in [9.17, 15) is 9.59 Å². The van der Waals surface area contributed by atoms with Gasteiger partial charge in [-0.2, -0.15) is 0 Å². The Morgan fingerprint density at radius 2 is 2.29 bits per heavy atom. The lowest BCUT2D eigenvalue weighted by molar-refractivity contribution is -0.133. The Labute approximate surface area is 103 Å². The third-order valence-electron chi connectivity index (χ3n) is 2.02. The molecule has 0 unspecified atom stereocenters. The van der Waals surface area contributed by atoms with Gasteiger partial charge >= 0.3 is 5.97 Å². The fourth-order valence-electron chi connectivity index (χ4n) is 1.27. The first-order valence-electron chi connectivity index (χ1n) is 5.18. The number of carbonyl (C=O) groups excluding carboxylic acids is 1. The van der Waals surface area contributed by atoms with Crippen LogP contribution in [0.4, 0.5) is 0 Å². The number of thioether (sulfide) groups is 1. The number of nitrogens with one attached hydrogen (secondary N) is 1. The molecule has 0 aromatic carbocycles. The van der Waals surface area contributed by atoms with E-state index < -0.39 is 5.97 Å². The number of carboxylic acids is 1. The molecule has 1 heterocycles. The van der Waals surface area contributed by atoms with Crippen molar-refractivity contribution in [3.05, 3.63) is 11.9 Å². The van der Waals surface area contributed by atoms with Crippen LogP contribution in [0.3, 0.4) is 0 Å². The molecule has 0 aliphatic rings. The molecule has 0 fully saturated rings. The van der Waals surface area contributed by atoms with Crippen LogP contribution in [0.15, 0.2) is 11.4 Å². The predicted octanol–water partition coefficient (Wildman–Crippen LogP) is 0.504. The second kappa shape index (κ2) is 6.29. The maximum Gasteiger partial charge on any atom is 0.313 e. The van der Waals surface area contributed by atoms with Crippen LogP contribution in [0.1, 0.15) is 12.6 Å². The van der Waals surface area contributed by atoms with Gasteiger partial charge in [0.15, 0.2) is 5.16 Å². The van der Waals surface area contributed by atoms with Crippen LogP contribution >= 0.6 is 11.8 Å². The topological polar surface area (TPSA) is 84.2 Å². The summed E-state index contributed by atoms with van der Waals surface area (Å²) in [5.41, 5.74) is 0.837. The Morgan fingerprint density at radius 1 is 1.59 bits per heavy atom. The van der Waals surface area contributed by atoms with Gasteiger partial charge in [0.1, 0.15) is 6.54 Å². The number of carbonyl (C=O) groups is 2. The summed E-state index contributed by atoms with van der Waals surface area (Å²) in [6, 6.07) is 0. The van der Waals surface area contributed by atoms with E-state index in [-0.39, 0.29) is 18.2 Å². The molecule has 1 rings (SSSR count). The van der Waals surface area contributed by atoms with E-state index in [1.165, 1.54) is 0 Å². The monoisotopic (exact) mass is 257 g/mol. The largest absolute Gasteiger partial charge is 0.481 e. The molecule has 0 aliphatic heterocycles. The molecule has 6 nitrogen and oxygen atoms in total. The average molecular weight is 257 g/mol. The number of carboxylic acid groups (broad SMARTS) is 1. The van der Waals surface area contributed by atoms with E-state index in [0.717, 1.165) is 17.5 Å². The van der Waals surface area contributed by atoms with E-state index in [1.54, 1.807) is 10.8 Å². The third kappa shape index (κ3) is 4.10. The van der Waals surface area contributed by atoms with Gasteiger partial charge in [-0.3, -0.25) is 9.59 Å². The first-order chi connectivity index (χ1) is 8.04. The van der Waals surface area contributed by atoms with E-state index in [1.807, 2.05) is 13.8 Å². The fraction of sp³-hybridized carbons (Fsp3) is 0.500. The molecule has 0 atom stereocenters. The highest BCUT2D eigenvalue weighted by Gasteiger charge is 2.12. The highest BCUT2D eigenvalue weighted by Crippen LogP contribution is 2.17. The zero-order valence-electron chi connectivity index (χ0n) is 9.77. The first-order valence-corrected chi connectivity index (χ1v) is 6.16. The number of hydrogen-bond acceptors (Lipinski definition) is 4. The van der Waals surface area contributed by atoms with Crippen LogP contribution in [-0.2, 0) is 16.1 Å². The summed E-state index contributed by atoms with van der Waals surface area (Å²) in [7, 11) is 0. The molecule has 1 aromatic heterocycles. The second-order valence-corrected chi connectivity index (χ2v) is 4.35. The van der Waals surface area contributed by atoms with Crippen molar-refractivity contribution < 1.29 is 14.7 Å². The van der Waals surface area contributed by atoms with Gasteiger partial charge in [-0.05, 0) is 13.8 Å². The molecule has 0 aliphatic carbocycles. The minimum atomic E-state index is -0.903. The molecule has 2 N–H and O–H groups in total. The SMILES string of the molecule is CCNC(=O)Cn1c(C)cnc1SCC(=O)O. The normalized spacial score (nSPS) is 10.2. The zero-order chi connectivity index (χ0) is 12.8. The van der Waals surface area contributed by atoms with Gasteiger partial charge in [0.05, 0.1) is 5.75 Å². The minimum absolute atomic E-state index is 0.0636. The molecule has 7 heteroatoms. The number of amides is 1. The van der Waals surface area contributed by atoms with Gasteiger partial charge in [0.2, 0.25) is 5.91 Å². The van der Waals surface area contributed by atoms with Crippen LogP contribution in [0.5, 0.6) is 0 Å². The van der Waals surface area contributed by atoms with Gasteiger partial charge < -0.3 is 15.0 Å². The molecule has 94 valence electrons. The summed E-state index contributed by atoms with van der Waals surface area (Å²) in [4.78, 5) is 26.0. The summed E-state index contributed by atoms with van der Waals surface area (Å²) in [6.45, 7) is 4.42. The highest BCUT2D eigenvalue weighted by molar-refractivity contribution is 7.99. The first kappa shape index (κ1) is 13.6. The Bertz CT molecular complexity index is 417. The minimum Gasteiger partial charge on any atom is -0.481 e. The van der Waals surface area contributed by atoms with Crippen molar-refractivity contribution in [1.82, 2.24) is 14.9 Å². The van der Waals surface area contributed by atoms with Crippen molar-refractivity contribution in [2.75, 3.05) is 12.3 Å². The van der Waals surface area contributed by atoms with E-state index in [0.29, 0.717) is 11.7 Å². The van der Waals surface area contributed by atoms with Crippen LogP contribution in [-0.4, -0.2) is 38.8 Å². The van der Waals surface area contributed by atoms with Crippen LogP contribution in [0, 0.1) is 6.92 Å². The molecule has 0 bridgehead atoms. The molecule has 17 heavy (non-hydrogen) atoms. The van der Waals surface area contributed by atoms with Gasteiger partial charge in [-0.1, -0.05) is 11.8 Å². The lowest BCUT2D eigenvalue weighted by atomic mass is 10.5. The van der Waals surface area contributed by atoms with Crippen LogP contribution in [0.2, 0.25) is 0 Å². The highest BCUT2D eigenvalue weighted by atomic mass is 32.2. The van der Waals surface area contributed by atoms with E-state index in [4.69, 9.17) is 5.11 Å². The average Bonchev–Trinajstić information content (AvgIpc) is 2.58. The zero-order valence-corrected chi connectivity index (χ0v) is 10.6. The molecule has 0 spiro atoms. The number of aromatic nitrogens is 2. The number of aryl methyl sites for hydroxylation is 1. The number of nitrogens with zero attached hydrogens (tertiary/aromatic N) is 2. The molecule has 0 saturated carbocycles. The Hall–Kier alpha value is -1.50. The fourth-order valence-corrected chi connectivity index (χ4v) is 2.01. The second-order valence-electron chi connectivity index (χ2n) is 3.40. The van der Waals surface area contributed by atoms with Crippen LogP contribution < -0.4 is 5.32 Å². The van der Waals surface area contributed by atoms with Crippen molar-refractivity contribution >= 4 is 23.6 Å². The van der Waals surface area contributed by atoms with Crippen molar-refractivity contribution in [1.29, 1.82) is 0 Å². The molecule has 0 saturated heterocycles. The third-order valence-corrected chi connectivity index (χ3v) is 2.99. The van der Waals surface area contributed by atoms with Gasteiger partial charge in [0.25, 0.3) is 0 Å². The number of imidazole rings is 1. The maximum absolute atomic E-state index is 11.5. The van der Waals surface area contributed by atoms with E-state index in [2.05, 4.69) is 10.3 Å². The standard InChI is InChI=1S/C10H15N3O3S/c1-3-11-8(14)5-13-7(2)4-12-10(13)17-6-9(15)16/h4H,3,5-6H2,1-2H3,(H,11,14)(H,15,16). The van der Waals surface area contributed by atoms with E-state index >= 15 is 0 Å². The summed E-state index contributed by atoms with van der Waals surface area (Å²) < 4.78 is 1.71. The molecule has 1 amide bonds. The molecule has 0 radical (unpaired) electrons. The number of aliphatic carboxylic acids is 1. The Balaban J connectivity index is 2.72. The summed E-state index contributed by atoms with van der Waals surface area (Å²) in [5.74, 6) is -1.07. The number of likely N-dealkylation sites (N-methyl/N-ethyl adjacent to an activating group) is 1. The van der Waals surface area contributed by atoms with Gasteiger partial charge in [0, 0.05) is 18.4 Å². The molecular weight excluding hydrogens is 242 g/mol. The van der Waals surface area contributed by atoms with Crippen molar-refractivity contribution in [3.63, 3.8) is 0 Å². The number of rotatable bonds is 6. The summed E-state index contributed by atoms with van der Waals surface area (Å²) >= 11 is 1.11. The van der Waals surface area contributed by atoms with Crippen LogP contribution in [0.25, 0.3) is 0 Å². The summed E-state index contributed by atoms with van der Waals surface area (Å²) in [5, 5.41) is 11.8. The van der Waals surface area contributed by atoms with Crippen molar-refractivity contribution in [2.24, 2.45) is 0 Å². The smallest absolute Gasteiger partial charge is 0.313 e. The van der Waals surface area contributed by atoms with Crippen molar-refractivity contribution in [2.45, 2.75) is 25.5 Å². The Morgan fingerprint density at radius 3 is 2.88 bits per heavy atom. The van der Waals surface area contributed by atoms with Gasteiger partial charge in [-0.25, -0.2) is 4.98 Å². The lowest BCUT2D eigenvalue weighted by Gasteiger charge is -2.08. The summed E-state index contributed by atoms with van der Waals surface area (Å²) in [6.07, 6.45) is 1.63. The molecule has 1 aromatic rings. The number of hydrogen-bond donors (Lipinski definition) is 2.